The second kappa shape index (κ2) is 21.9. The van der Waals surface area contributed by atoms with Crippen LogP contribution in [0.3, 0.4) is 0 Å². The summed E-state index contributed by atoms with van der Waals surface area (Å²) in [5, 5.41) is 93.4. The molecule has 4 aliphatic heterocycles. The number of aliphatic hydroxyl groups is 8. The number of ether oxygens (including phenoxy) is 4. The van der Waals surface area contributed by atoms with Gasteiger partial charge in [0.15, 0.2) is 12.6 Å². The highest BCUT2D eigenvalue weighted by molar-refractivity contribution is 6.01. The molecule has 0 bridgehead atoms. The smallest absolute Gasteiger partial charge is 0.394 e. The molecule has 3 saturated heterocycles. The van der Waals surface area contributed by atoms with Gasteiger partial charge in [0.05, 0.1) is 25.0 Å². The van der Waals surface area contributed by atoms with Gasteiger partial charge in [-0.3, -0.25) is 9.59 Å². The van der Waals surface area contributed by atoms with Crippen LogP contribution in [0.2, 0.25) is 0 Å². The maximum Gasteiger partial charge on any atom is 0.500 e. The molecule has 20 nitrogen and oxygen atoms in total. The van der Waals surface area contributed by atoms with Gasteiger partial charge in [0.2, 0.25) is 18.0 Å². The summed E-state index contributed by atoms with van der Waals surface area (Å²) in [6, 6.07) is -3.92. The maximum atomic E-state index is 13.1. The molecule has 0 aliphatic carbocycles. The molecular formula is C37H61N4O16+. The van der Waals surface area contributed by atoms with E-state index in [9.17, 15) is 60.0 Å². The summed E-state index contributed by atoms with van der Waals surface area (Å²) >= 11 is 0. The third kappa shape index (κ3) is 12.5. The van der Waals surface area contributed by atoms with Crippen LogP contribution in [0.4, 0.5) is 4.79 Å². The lowest BCUT2D eigenvalue weighted by atomic mass is 9.91. The average Bonchev–Trinajstić information content (AvgIpc) is 3.45. The van der Waals surface area contributed by atoms with Crippen molar-refractivity contribution >= 4 is 30.0 Å². The second-order valence-corrected chi connectivity index (χ2v) is 15.5. The predicted molar refractivity (Wildman–Crippen MR) is 196 cm³/mol. The fourth-order valence-corrected chi connectivity index (χ4v) is 7.36. The number of hydrogen-bond acceptors (Lipinski definition) is 16. The summed E-state index contributed by atoms with van der Waals surface area (Å²) in [6.07, 6.45) is -10.2. The van der Waals surface area contributed by atoms with Crippen LogP contribution in [0.1, 0.15) is 85.0 Å². The topological polar surface area (TPSA) is 306 Å². The van der Waals surface area contributed by atoms with Crippen LogP contribution < -0.4 is 16.0 Å². The number of imide groups is 1. The number of carbonyl (C=O) groups excluding carboxylic acids is 4. The SMILES string of the molecule is CC(=O)NC1C(OC2OC(CC(O)C3OC([N+]4=CCC(=O)NC4=O)C(O)C3O)C(O)C(O)C2NC(=O)/C=C/CCCCCCCCC(C)C)OC(CO)C(O)C1O. The Kier molecular flexibility index (Phi) is 17.9. The molecule has 15 unspecified atom stereocenters. The third-order valence-electron chi connectivity index (χ3n) is 10.6. The molecule has 0 radical (unpaired) electrons. The molecule has 5 amide bonds. The van der Waals surface area contributed by atoms with Crippen molar-refractivity contribution in [3.63, 3.8) is 0 Å². The summed E-state index contributed by atoms with van der Waals surface area (Å²) in [7, 11) is 0. The molecule has 20 heteroatoms. The van der Waals surface area contributed by atoms with Crippen molar-refractivity contribution < 1.29 is 83.6 Å². The number of nitrogens with one attached hydrogen (secondary N) is 3. The molecule has 15 atom stereocenters. The molecule has 4 heterocycles. The molecule has 0 saturated carbocycles. The van der Waals surface area contributed by atoms with Crippen LogP contribution in [-0.4, -0.2) is 174 Å². The van der Waals surface area contributed by atoms with Crippen LogP contribution in [-0.2, 0) is 33.3 Å². The minimum absolute atomic E-state index is 0.224. The van der Waals surface area contributed by atoms with E-state index in [-0.39, 0.29) is 6.42 Å². The van der Waals surface area contributed by atoms with Crippen LogP contribution in [0, 0.1) is 5.92 Å². The molecule has 0 aromatic carbocycles. The van der Waals surface area contributed by atoms with Crippen molar-refractivity contribution in [1.29, 1.82) is 0 Å². The van der Waals surface area contributed by atoms with Crippen molar-refractivity contribution in [2.45, 2.75) is 177 Å². The van der Waals surface area contributed by atoms with Crippen LogP contribution in [0.25, 0.3) is 0 Å². The summed E-state index contributed by atoms with van der Waals surface area (Å²) in [6.45, 7) is 4.76. The van der Waals surface area contributed by atoms with Gasteiger partial charge in [0, 0.05) is 13.3 Å². The lowest BCUT2D eigenvalue weighted by Crippen LogP contribution is -2.68. The highest BCUT2D eigenvalue weighted by Crippen LogP contribution is 2.33. The summed E-state index contributed by atoms with van der Waals surface area (Å²) in [5.74, 6) is -1.26. The van der Waals surface area contributed by atoms with Crippen molar-refractivity contribution in [2.75, 3.05) is 6.61 Å². The van der Waals surface area contributed by atoms with Gasteiger partial charge in [-0.1, -0.05) is 58.4 Å². The van der Waals surface area contributed by atoms with Crippen LogP contribution in [0.5, 0.6) is 0 Å². The Morgan fingerprint density at radius 3 is 2.07 bits per heavy atom. The van der Waals surface area contributed by atoms with E-state index in [4.69, 9.17) is 18.9 Å². The van der Waals surface area contributed by atoms with Crippen molar-refractivity contribution in [3.05, 3.63) is 12.2 Å². The van der Waals surface area contributed by atoms with Gasteiger partial charge in [-0.15, -0.1) is 0 Å². The van der Waals surface area contributed by atoms with E-state index in [2.05, 4.69) is 24.5 Å². The molecule has 4 aliphatic rings. The zero-order chi connectivity index (χ0) is 42.0. The quantitative estimate of drug-likeness (QED) is 0.0355. The largest absolute Gasteiger partial charge is 0.500 e. The van der Waals surface area contributed by atoms with Gasteiger partial charge in [-0.2, -0.15) is 14.7 Å². The van der Waals surface area contributed by atoms with Gasteiger partial charge >= 0.3 is 11.9 Å². The van der Waals surface area contributed by atoms with Crippen molar-refractivity contribution in [3.8, 4) is 0 Å². The number of amides is 5. The molecular weight excluding hydrogens is 756 g/mol. The zero-order valence-electron chi connectivity index (χ0n) is 32.5. The standard InChI is InChI=1S/C37H60N4O16/c1-18(2)12-10-8-6-4-5-7-9-11-13-23(45)39-26-30(50)27(47)21(54-36(26)57-35-25(38-19(3)43)29(49)28(48)22(17-42)55-35)16-20(44)33-31(51)32(52)34(56-33)41-15-14-24(46)40-37(41)53/h11,13,15,18,20-22,25-36,42,44,47-52H,4-10,12,14,16-17H2,1-3H3,(H2-,38,39,40,43,45,46,53)/p+1/b13-11+. The number of aliphatic hydroxyl groups excluding tert-OH is 8. The normalized spacial score (nSPS) is 36.6. The molecule has 324 valence electrons. The molecule has 4 rings (SSSR count). The number of hydrogen-bond donors (Lipinski definition) is 11. The Labute approximate surface area is 330 Å². The molecule has 11 N–H and O–H groups in total. The average molecular weight is 818 g/mol. The first-order valence-corrected chi connectivity index (χ1v) is 19.7. The van der Waals surface area contributed by atoms with Crippen LogP contribution >= 0.6 is 0 Å². The van der Waals surface area contributed by atoms with E-state index >= 15 is 0 Å². The highest BCUT2D eigenvalue weighted by Gasteiger charge is 2.55. The van der Waals surface area contributed by atoms with Crippen molar-refractivity contribution in [1.82, 2.24) is 16.0 Å². The lowest BCUT2D eigenvalue weighted by molar-refractivity contribution is -0.536. The molecule has 0 aromatic rings. The summed E-state index contributed by atoms with van der Waals surface area (Å²) < 4.78 is 24.2. The van der Waals surface area contributed by atoms with E-state index in [1.54, 1.807) is 6.08 Å². The van der Waals surface area contributed by atoms with Gasteiger partial charge in [0.1, 0.15) is 67.3 Å². The first-order valence-electron chi connectivity index (χ1n) is 19.7. The van der Waals surface area contributed by atoms with E-state index in [1.807, 2.05) is 5.32 Å². The molecule has 57 heavy (non-hydrogen) atoms. The zero-order valence-corrected chi connectivity index (χ0v) is 32.5. The fourth-order valence-electron chi connectivity index (χ4n) is 7.36. The Morgan fingerprint density at radius 2 is 1.46 bits per heavy atom. The molecule has 0 aromatic heterocycles. The Morgan fingerprint density at radius 1 is 0.860 bits per heavy atom. The first-order chi connectivity index (χ1) is 27.0. The van der Waals surface area contributed by atoms with Gasteiger partial charge in [-0.05, 0) is 24.8 Å². The lowest BCUT2D eigenvalue weighted by Gasteiger charge is -2.47. The Balaban J connectivity index is 1.47. The van der Waals surface area contributed by atoms with E-state index in [0.717, 1.165) is 43.4 Å². The molecule has 0 spiro atoms. The van der Waals surface area contributed by atoms with E-state index in [1.165, 1.54) is 25.3 Å². The van der Waals surface area contributed by atoms with Gasteiger partial charge in [-0.25, -0.2) is 4.79 Å². The number of nitrogens with zero attached hydrogens (tertiary/aromatic N) is 1. The third-order valence-corrected chi connectivity index (χ3v) is 10.6. The van der Waals surface area contributed by atoms with E-state index in [0.29, 0.717) is 12.3 Å². The number of unbranched alkanes of at least 4 members (excludes halogenated alkanes) is 6. The Hall–Kier alpha value is -2.99. The first kappa shape index (κ1) is 46.7. The predicted octanol–water partition coefficient (Wildman–Crippen LogP) is -2.87. The Bertz CT molecular complexity index is 1420. The minimum atomic E-state index is -1.85. The number of carbonyl (C=O) groups is 4. The maximum absolute atomic E-state index is 13.1. The monoisotopic (exact) mass is 817 g/mol. The second-order valence-electron chi connectivity index (χ2n) is 15.5. The highest BCUT2D eigenvalue weighted by atomic mass is 16.8. The summed E-state index contributed by atoms with van der Waals surface area (Å²) in [4.78, 5) is 49.1. The fraction of sp³-hybridized carbons (Fsp3) is 0.811. The van der Waals surface area contributed by atoms with Crippen molar-refractivity contribution in [2.24, 2.45) is 5.92 Å². The minimum Gasteiger partial charge on any atom is -0.394 e. The van der Waals surface area contributed by atoms with Gasteiger partial charge < -0.3 is 70.4 Å². The number of allylic oxidation sites excluding steroid dienone is 1. The molecule has 3 fully saturated rings. The number of urea groups is 1. The summed E-state index contributed by atoms with van der Waals surface area (Å²) in [5.41, 5.74) is 0. The number of rotatable bonds is 19. The van der Waals surface area contributed by atoms with Crippen LogP contribution in [0.15, 0.2) is 12.2 Å². The van der Waals surface area contributed by atoms with E-state index < -0.39 is 129 Å². The van der Waals surface area contributed by atoms with Gasteiger partial charge in [0.25, 0.3) is 0 Å².